The van der Waals surface area contributed by atoms with Gasteiger partial charge in [-0.15, -0.1) is 0 Å². The van der Waals surface area contributed by atoms with Crippen molar-refractivity contribution in [1.29, 1.82) is 0 Å². The number of carbonyl (C=O) groups is 1. The van der Waals surface area contributed by atoms with Gasteiger partial charge in [-0.25, -0.2) is 4.79 Å². The predicted molar refractivity (Wildman–Crippen MR) is 52.5 cm³/mol. The lowest BCUT2D eigenvalue weighted by Crippen LogP contribution is -2.25. The van der Waals surface area contributed by atoms with Gasteiger partial charge >= 0.3 is 5.97 Å². The van der Waals surface area contributed by atoms with Gasteiger partial charge in [0.1, 0.15) is 6.61 Å². The first-order chi connectivity index (χ1) is 6.68. The Morgan fingerprint density at radius 2 is 2.43 bits per heavy atom. The fourth-order valence-corrected chi connectivity index (χ4v) is 1.34. The van der Waals surface area contributed by atoms with E-state index in [0.29, 0.717) is 12.3 Å². The Labute approximate surface area is 84.1 Å². The summed E-state index contributed by atoms with van der Waals surface area (Å²) in [6, 6.07) is 0. The van der Waals surface area contributed by atoms with Crippen LogP contribution in [-0.2, 0) is 14.3 Å². The summed E-state index contributed by atoms with van der Waals surface area (Å²) in [6.45, 7) is 2.76. The summed E-state index contributed by atoms with van der Waals surface area (Å²) in [5.74, 6) is -0.390. The second kappa shape index (κ2) is 5.65. The normalized spacial score (nSPS) is 23.2. The van der Waals surface area contributed by atoms with Crippen LogP contribution < -0.4 is 5.73 Å². The van der Waals surface area contributed by atoms with E-state index >= 15 is 0 Å². The average molecular weight is 199 g/mol. The zero-order valence-electron chi connectivity index (χ0n) is 8.49. The van der Waals surface area contributed by atoms with Gasteiger partial charge in [0.05, 0.1) is 6.10 Å². The van der Waals surface area contributed by atoms with Gasteiger partial charge in [0.2, 0.25) is 0 Å². The Balaban J connectivity index is 2.19. The highest BCUT2D eigenvalue weighted by Gasteiger charge is 2.15. The molecule has 2 N–H and O–H groups in total. The number of hydrogen-bond acceptors (Lipinski definition) is 4. The maximum atomic E-state index is 11.1. The number of esters is 1. The summed E-state index contributed by atoms with van der Waals surface area (Å²) < 4.78 is 10.4. The Morgan fingerprint density at radius 1 is 1.64 bits per heavy atom. The van der Waals surface area contributed by atoms with Gasteiger partial charge < -0.3 is 15.2 Å². The third-order valence-corrected chi connectivity index (χ3v) is 2.03. The second-order valence-electron chi connectivity index (χ2n) is 3.51. The Morgan fingerprint density at radius 3 is 3.00 bits per heavy atom. The van der Waals surface area contributed by atoms with Crippen molar-refractivity contribution in [2.75, 3.05) is 13.2 Å². The lowest BCUT2D eigenvalue weighted by Gasteiger charge is -2.21. The van der Waals surface area contributed by atoms with Gasteiger partial charge in [0.25, 0.3) is 0 Å². The highest BCUT2D eigenvalue weighted by molar-refractivity contribution is 5.82. The molecule has 1 fully saturated rings. The molecule has 1 saturated heterocycles. The molecule has 0 spiro atoms. The molecule has 0 aliphatic carbocycles. The molecule has 14 heavy (non-hydrogen) atoms. The Hall–Kier alpha value is -1.03. The van der Waals surface area contributed by atoms with Crippen molar-refractivity contribution in [2.45, 2.75) is 32.3 Å². The van der Waals surface area contributed by atoms with E-state index < -0.39 is 0 Å². The van der Waals surface area contributed by atoms with Crippen LogP contribution in [0.2, 0.25) is 0 Å². The van der Waals surface area contributed by atoms with E-state index in [4.69, 9.17) is 15.2 Å². The monoisotopic (exact) mass is 199 g/mol. The van der Waals surface area contributed by atoms with Crippen molar-refractivity contribution in [3.05, 3.63) is 11.8 Å². The molecule has 1 atom stereocenters. The van der Waals surface area contributed by atoms with Crippen molar-refractivity contribution >= 4 is 5.97 Å². The Kier molecular flexibility index (Phi) is 4.46. The fourth-order valence-electron chi connectivity index (χ4n) is 1.34. The minimum absolute atomic E-state index is 0.0687. The van der Waals surface area contributed by atoms with Crippen LogP contribution in [0, 0.1) is 0 Å². The number of allylic oxidation sites excluding steroid dienone is 1. The quantitative estimate of drug-likeness (QED) is 0.543. The van der Waals surface area contributed by atoms with Gasteiger partial charge in [-0.1, -0.05) is 0 Å². The van der Waals surface area contributed by atoms with Crippen LogP contribution in [0.5, 0.6) is 0 Å². The van der Waals surface area contributed by atoms with Gasteiger partial charge in [0.15, 0.2) is 0 Å². The molecule has 0 bridgehead atoms. The third kappa shape index (κ3) is 4.28. The smallest absolute Gasteiger partial charge is 0.332 e. The average Bonchev–Trinajstić information content (AvgIpc) is 2.15. The van der Waals surface area contributed by atoms with Crippen molar-refractivity contribution in [1.82, 2.24) is 0 Å². The van der Waals surface area contributed by atoms with E-state index in [1.165, 1.54) is 6.08 Å². The van der Waals surface area contributed by atoms with Crippen LogP contribution in [-0.4, -0.2) is 25.3 Å². The molecule has 0 aromatic rings. The first-order valence-corrected chi connectivity index (χ1v) is 4.90. The molecule has 0 radical (unpaired) electrons. The minimum Gasteiger partial charge on any atom is -0.460 e. The second-order valence-corrected chi connectivity index (χ2v) is 3.51. The molecule has 0 saturated carbocycles. The molecule has 1 rings (SSSR count). The summed E-state index contributed by atoms with van der Waals surface area (Å²) in [5, 5.41) is 0. The van der Waals surface area contributed by atoms with E-state index in [1.54, 1.807) is 6.92 Å². The molecule has 1 unspecified atom stereocenters. The van der Waals surface area contributed by atoms with Crippen molar-refractivity contribution in [3.8, 4) is 0 Å². The molecule has 80 valence electrons. The molecule has 0 aromatic heterocycles. The maximum Gasteiger partial charge on any atom is 0.332 e. The molecular formula is C10H17NO3. The third-order valence-electron chi connectivity index (χ3n) is 2.03. The number of ether oxygens (including phenoxy) is 2. The van der Waals surface area contributed by atoms with E-state index in [-0.39, 0.29) is 12.1 Å². The zero-order chi connectivity index (χ0) is 10.4. The summed E-state index contributed by atoms with van der Waals surface area (Å²) in [5.41, 5.74) is 5.79. The van der Waals surface area contributed by atoms with Crippen LogP contribution in [0.3, 0.4) is 0 Å². The standard InChI is InChI=1S/C10H17NO3/c1-8(11)6-10(12)14-7-9-4-2-3-5-13-9/h6,9H,2-5,7,11H2,1H3. The van der Waals surface area contributed by atoms with Crippen LogP contribution >= 0.6 is 0 Å². The van der Waals surface area contributed by atoms with Crippen molar-refractivity contribution < 1.29 is 14.3 Å². The van der Waals surface area contributed by atoms with Crippen LogP contribution in [0.15, 0.2) is 11.8 Å². The van der Waals surface area contributed by atoms with Gasteiger partial charge in [-0.3, -0.25) is 0 Å². The van der Waals surface area contributed by atoms with E-state index in [9.17, 15) is 4.79 Å². The molecular weight excluding hydrogens is 182 g/mol. The minimum atomic E-state index is -0.390. The number of rotatable bonds is 3. The Bertz CT molecular complexity index is 215. The molecule has 0 amide bonds. The van der Waals surface area contributed by atoms with E-state index in [2.05, 4.69) is 0 Å². The molecule has 0 aromatic carbocycles. The topological polar surface area (TPSA) is 61.6 Å². The van der Waals surface area contributed by atoms with Crippen LogP contribution in [0.4, 0.5) is 0 Å². The first-order valence-electron chi connectivity index (χ1n) is 4.90. The lowest BCUT2D eigenvalue weighted by molar-refractivity contribution is -0.143. The lowest BCUT2D eigenvalue weighted by atomic mass is 10.1. The largest absolute Gasteiger partial charge is 0.460 e. The van der Waals surface area contributed by atoms with Gasteiger partial charge in [-0.2, -0.15) is 0 Å². The summed E-state index contributed by atoms with van der Waals surface area (Å²) in [6.07, 6.45) is 4.57. The predicted octanol–water partition coefficient (Wildman–Crippen LogP) is 0.961. The summed E-state index contributed by atoms with van der Waals surface area (Å²) in [4.78, 5) is 11.1. The van der Waals surface area contributed by atoms with Crippen LogP contribution in [0.1, 0.15) is 26.2 Å². The summed E-state index contributed by atoms with van der Waals surface area (Å²) in [7, 11) is 0. The van der Waals surface area contributed by atoms with Crippen molar-refractivity contribution in [2.24, 2.45) is 5.73 Å². The molecule has 1 aliphatic rings. The molecule has 4 heteroatoms. The molecule has 4 nitrogen and oxygen atoms in total. The summed E-state index contributed by atoms with van der Waals surface area (Å²) >= 11 is 0. The van der Waals surface area contributed by atoms with Gasteiger partial charge in [-0.05, 0) is 26.2 Å². The number of carbonyl (C=O) groups excluding carboxylic acids is 1. The van der Waals surface area contributed by atoms with Crippen LogP contribution in [0.25, 0.3) is 0 Å². The van der Waals surface area contributed by atoms with E-state index in [1.807, 2.05) is 0 Å². The fraction of sp³-hybridized carbons (Fsp3) is 0.700. The van der Waals surface area contributed by atoms with Crippen molar-refractivity contribution in [3.63, 3.8) is 0 Å². The number of hydrogen-bond donors (Lipinski definition) is 1. The van der Waals surface area contributed by atoms with Gasteiger partial charge in [0, 0.05) is 18.4 Å². The number of nitrogens with two attached hydrogens (primary N) is 1. The molecule has 1 aliphatic heterocycles. The van der Waals surface area contributed by atoms with E-state index in [0.717, 1.165) is 25.9 Å². The molecule has 1 heterocycles. The first kappa shape index (κ1) is 11.0. The highest BCUT2D eigenvalue weighted by atomic mass is 16.6. The maximum absolute atomic E-state index is 11.1. The zero-order valence-corrected chi connectivity index (χ0v) is 8.49. The highest BCUT2D eigenvalue weighted by Crippen LogP contribution is 2.12. The SMILES string of the molecule is CC(N)=CC(=O)OCC1CCCCO1.